The number of rotatable bonds is 8. The number of fused-ring (bicyclic) bond motifs is 1. The van der Waals surface area contributed by atoms with E-state index < -0.39 is 28.2 Å². The molecule has 0 spiro atoms. The maximum atomic E-state index is 13.7. The summed E-state index contributed by atoms with van der Waals surface area (Å²) in [6, 6.07) is 17.7. The Hall–Kier alpha value is -3.80. The maximum absolute atomic E-state index is 13.7. The summed E-state index contributed by atoms with van der Waals surface area (Å²) >= 11 is 1.14. The van der Waals surface area contributed by atoms with E-state index in [1.165, 1.54) is 13.2 Å². The molecule has 0 saturated heterocycles. The molecule has 0 saturated carbocycles. The van der Waals surface area contributed by atoms with Crippen molar-refractivity contribution in [3.05, 3.63) is 84.7 Å². The second kappa shape index (κ2) is 9.59. The summed E-state index contributed by atoms with van der Waals surface area (Å²) in [5.74, 6) is -2.08. The van der Waals surface area contributed by atoms with Gasteiger partial charge in [-0.1, -0.05) is 48.5 Å². The number of carboxylic acid groups (broad SMARTS) is 1. The molecule has 2 N–H and O–H groups in total. The van der Waals surface area contributed by atoms with Crippen LogP contribution in [0.25, 0.3) is 21.5 Å². The summed E-state index contributed by atoms with van der Waals surface area (Å²) < 4.78 is 34.6. The van der Waals surface area contributed by atoms with Gasteiger partial charge in [-0.25, -0.2) is 18.5 Å². The molecule has 9 nitrogen and oxygen atoms in total. The number of hydrogen-bond acceptors (Lipinski definition) is 8. The first-order chi connectivity index (χ1) is 16.3. The van der Waals surface area contributed by atoms with E-state index in [1.54, 1.807) is 36.4 Å². The number of ether oxygens (including phenoxy) is 1. The molecule has 0 aliphatic rings. The molecule has 2 aromatic heterocycles. The van der Waals surface area contributed by atoms with Crippen LogP contribution in [-0.4, -0.2) is 41.5 Å². The molecular weight excluding hydrogens is 478 g/mol. The number of carbonyl (C=O) groups is 2. The number of carboxylic acids is 1. The molecule has 4 rings (SSSR count). The number of aliphatic carboxylic acids is 1. The predicted octanol–water partition coefficient (Wildman–Crippen LogP) is 3.40. The molecule has 2 aromatic carbocycles. The van der Waals surface area contributed by atoms with Gasteiger partial charge < -0.3 is 9.84 Å². The third-order valence-corrected chi connectivity index (χ3v) is 7.98. The number of carbonyl (C=O) groups excluding carboxylic acids is 1. The van der Waals surface area contributed by atoms with Crippen LogP contribution in [0.4, 0.5) is 0 Å². The van der Waals surface area contributed by atoms with Crippen LogP contribution < -0.4 is 5.32 Å². The summed E-state index contributed by atoms with van der Waals surface area (Å²) in [5.41, 5.74) is 0.675. The van der Waals surface area contributed by atoms with Gasteiger partial charge in [-0.15, -0.1) is 11.3 Å². The van der Waals surface area contributed by atoms with Gasteiger partial charge in [-0.3, -0.25) is 5.32 Å². The molecule has 1 atom stereocenters. The van der Waals surface area contributed by atoms with Crippen LogP contribution >= 0.6 is 11.3 Å². The minimum Gasteiger partial charge on any atom is -0.478 e. The number of aromatic nitrogens is 2. The van der Waals surface area contributed by atoms with Crippen molar-refractivity contribution in [2.45, 2.75) is 10.4 Å². The SMILES string of the molecule is CNC(OC(=O)/C=C/C(=O)O)c1cn(S(=O)(=O)c2cc3ccccc3s2)c(-c2ccccc2)n1. The highest BCUT2D eigenvalue weighted by atomic mass is 32.2. The number of imidazole rings is 1. The number of esters is 1. The van der Waals surface area contributed by atoms with Crippen molar-refractivity contribution < 1.29 is 27.9 Å². The van der Waals surface area contributed by atoms with Gasteiger partial charge in [0, 0.05) is 28.6 Å². The van der Waals surface area contributed by atoms with E-state index in [1.807, 2.05) is 24.3 Å². The average molecular weight is 498 g/mol. The summed E-state index contributed by atoms with van der Waals surface area (Å²) in [5, 5.41) is 12.2. The van der Waals surface area contributed by atoms with Crippen LogP contribution in [0.5, 0.6) is 0 Å². The first-order valence-corrected chi connectivity index (χ1v) is 12.2. The zero-order chi connectivity index (χ0) is 24.3. The van der Waals surface area contributed by atoms with E-state index in [0.29, 0.717) is 11.6 Å². The molecule has 0 radical (unpaired) electrons. The number of thiophene rings is 1. The number of nitrogens with one attached hydrogen (secondary N) is 1. The van der Waals surface area contributed by atoms with Crippen LogP contribution in [0, 0.1) is 0 Å². The van der Waals surface area contributed by atoms with E-state index in [-0.39, 0.29) is 15.7 Å². The Bertz CT molecular complexity index is 1460. The van der Waals surface area contributed by atoms with Gasteiger partial charge in [0.1, 0.15) is 9.90 Å². The van der Waals surface area contributed by atoms with Gasteiger partial charge in [0.2, 0.25) is 0 Å². The van der Waals surface area contributed by atoms with Gasteiger partial charge in [-0.2, -0.15) is 8.42 Å². The van der Waals surface area contributed by atoms with Crippen molar-refractivity contribution in [1.82, 2.24) is 14.3 Å². The van der Waals surface area contributed by atoms with Gasteiger partial charge in [0.25, 0.3) is 10.0 Å². The molecule has 2 heterocycles. The Balaban J connectivity index is 1.80. The third-order valence-electron chi connectivity index (χ3n) is 4.77. The minimum absolute atomic E-state index is 0.128. The van der Waals surface area contributed by atoms with E-state index in [0.717, 1.165) is 31.5 Å². The van der Waals surface area contributed by atoms with Gasteiger partial charge >= 0.3 is 11.9 Å². The molecule has 4 aromatic rings. The maximum Gasteiger partial charge on any atom is 0.332 e. The fraction of sp³-hybridized carbons (Fsp3) is 0.0870. The molecule has 34 heavy (non-hydrogen) atoms. The van der Waals surface area contributed by atoms with Crippen LogP contribution in [0.2, 0.25) is 0 Å². The quantitative estimate of drug-likeness (QED) is 0.215. The van der Waals surface area contributed by atoms with E-state index >= 15 is 0 Å². The molecule has 0 fully saturated rings. The second-order valence-corrected chi connectivity index (χ2v) is 10.2. The Labute approximate surface area is 199 Å². The Morgan fingerprint density at radius 3 is 2.50 bits per heavy atom. The first kappa shape index (κ1) is 23.4. The largest absolute Gasteiger partial charge is 0.478 e. The van der Waals surface area contributed by atoms with Crippen molar-refractivity contribution >= 4 is 43.4 Å². The lowest BCUT2D eigenvalue weighted by Gasteiger charge is -2.13. The smallest absolute Gasteiger partial charge is 0.332 e. The fourth-order valence-electron chi connectivity index (χ4n) is 3.21. The summed E-state index contributed by atoms with van der Waals surface area (Å²) in [4.78, 5) is 27.1. The monoisotopic (exact) mass is 497 g/mol. The topological polar surface area (TPSA) is 128 Å². The molecular formula is C23H19N3O6S2. The zero-order valence-electron chi connectivity index (χ0n) is 17.8. The Morgan fingerprint density at radius 2 is 1.82 bits per heavy atom. The molecule has 0 aliphatic carbocycles. The van der Waals surface area contributed by atoms with E-state index in [9.17, 15) is 18.0 Å². The van der Waals surface area contributed by atoms with Crippen molar-refractivity contribution in [2.24, 2.45) is 0 Å². The Kier molecular flexibility index (Phi) is 6.59. The third kappa shape index (κ3) is 4.76. The average Bonchev–Trinajstić information content (AvgIpc) is 3.47. The molecule has 0 amide bonds. The van der Waals surface area contributed by atoms with Crippen LogP contribution in [0.15, 0.2) is 83.2 Å². The summed E-state index contributed by atoms with van der Waals surface area (Å²) in [6.07, 6.45) is 1.58. The normalized spacial score (nSPS) is 12.7. The summed E-state index contributed by atoms with van der Waals surface area (Å²) in [7, 11) is -2.54. The minimum atomic E-state index is -4.04. The highest BCUT2D eigenvalue weighted by molar-refractivity contribution is 7.92. The van der Waals surface area contributed by atoms with Crippen molar-refractivity contribution in [3.63, 3.8) is 0 Å². The number of hydrogen-bond donors (Lipinski definition) is 2. The molecule has 11 heteroatoms. The lowest BCUT2D eigenvalue weighted by molar-refractivity contribution is -0.145. The van der Waals surface area contributed by atoms with Crippen molar-refractivity contribution in [3.8, 4) is 11.4 Å². The first-order valence-electron chi connectivity index (χ1n) is 9.97. The zero-order valence-corrected chi connectivity index (χ0v) is 19.4. The molecule has 174 valence electrons. The highest BCUT2D eigenvalue weighted by Gasteiger charge is 2.28. The van der Waals surface area contributed by atoms with Crippen LogP contribution in [-0.2, 0) is 24.3 Å². The fourth-order valence-corrected chi connectivity index (χ4v) is 6.03. The number of nitrogens with zero attached hydrogens (tertiary/aromatic N) is 2. The number of benzene rings is 2. The lowest BCUT2D eigenvalue weighted by atomic mass is 10.2. The predicted molar refractivity (Wildman–Crippen MR) is 127 cm³/mol. The van der Waals surface area contributed by atoms with Gasteiger partial charge in [0.15, 0.2) is 12.1 Å². The van der Waals surface area contributed by atoms with Gasteiger partial charge in [-0.05, 0) is 24.6 Å². The molecule has 0 aliphatic heterocycles. The second-order valence-electron chi connectivity index (χ2n) is 7.04. The van der Waals surface area contributed by atoms with E-state index in [2.05, 4.69) is 10.3 Å². The molecule has 1 unspecified atom stereocenters. The Morgan fingerprint density at radius 1 is 1.12 bits per heavy atom. The van der Waals surface area contributed by atoms with Crippen LogP contribution in [0.1, 0.15) is 11.9 Å². The van der Waals surface area contributed by atoms with Gasteiger partial charge in [0.05, 0.1) is 0 Å². The summed E-state index contributed by atoms with van der Waals surface area (Å²) in [6.45, 7) is 0. The standard InChI is InChI=1S/C23H19N3O6S2/c1-24-23(32-20(29)12-11-19(27)28)17-14-26(22(25-17)15-7-3-2-4-8-15)34(30,31)21-13-16-9-5-6-10-18(16)33-21/h2-14,23-24H,1H3,(H,27,28)/b12-11+. The van der Waals surface area contributed by atoms with Crippen molar-refractivity contribution in [2.75, 3.05) is 7.05 Å². The highest BCUT2D eigenvalue weighted by Crippen LogP contribution is 2.33. The lowest BCUT2D eigenvalue weighted by Crippen LogP contribution is -2.22. The van der Waals surface area contributed by atoms with Crippen molar-refractivity contribution in [1.29, 1.82) is 0 Å². The molecule has 0 bridgehead atoms. The van der Waals surface area contributed by atoms with Crippen LogP contribution in [0.3, 0.4) is 0 Å². The van der Waals surface area contributed by atoms with E-state index in [4.69, 9.17) is 9.84 Å².